The van der Waals surface area contributed by atoms with Crippen LogP contribution in [0.15, 0.2) is 10.4 Å². The highest BCUT2D eigenvalue weighted by molar-refractivity contribution is 7.09. The van der Waals surface area contributed by atoms with E-state index in [1.165, 1.54) is 23.5 Å². The van der Waals surface area contributed by atoms with Gasteiger partial charge in [0.05, 0.1) is 10.7 Å². The standard InChI is InChI=1S/C17H32N4S/c1-7-9-12-21(6)16(18-8-2)19-11-10-15-20-14(13-22-15)17(3,4)5/h13H,7-12H2,1-6H3,(H,18,19). The van der Waals surface area contributed by atoms with Crippen LogP contribution in [0.4, 0.5) is 0 Å². The quantitative estimate of drug-likeness (QED) is 0.614. The van der Waals surface area contributed by atoms with Crippen molar-refractivity contribution < 1.29 is 0 Å². The zero-order valence-electron chi connectivity index (χ0n) is 15.1. The number of aromatic nitrogens is 1. The van der Waals surface area contributed by atoms with E-state index in [1.54, 1.807) is 11.3 Å². The smallest absolute Gasteiger partial charge is 0.193 e. The highest BCUT2D eigenvalue weighted by atomic mass is 32.1. The number of aliphatic imine (C=N–C) groups is 1. The molecule has 0 radical (unpaired) electrons. The third-order valence-corrected chi connectivity index (χ3v) is 4.36. The van der Waals surface area contributed by atoms with Gasteiger partial charge in [0.25, 0.3) is 0 Å². The molecule has 0 atom stereocenters. The van der Waals surface area contributed by atoms with Crippen LogP contribution in [-0.4, -0.2) is 42.5 Å². The Morgan fingerprint density at radius 3 is 2.64 bits per heavy atom. The molecule has 4 nitrogen and oxygen atoms in total. The monoisotopic (exact) mass is 324 g/mol. The summed E-state index contributed by atoms with van der Waals surface area (Å²) in [4.78, 5) is 11.7. The van der Waals surface area contributed by atoms with Crippen molar-refractivity contribution in [1.82, 2.24) is 15.2 Å². The maximum absolute atomic E-state index is 4.73. The molecule has 0 aliphatic carbocycles. The molecule has 1 heterocycles. The fraction of sp³-hybridized carbons (Fsp3) is 0.765. The molecule has 0 aliphatic rings. The Balaban J connectivity index is 2.58. The van der Waals surface area contributed by atoms with Crippen LogP contribution in [0.1, 0.15) is 58.2 Å². The van der Waals surface area contributed by atoms with E-state index in [0.29, 0.717) is 0 Å². The van der Waals surface area contributed by atoms with Gasteiger partial charge in [0.1, 0.15) is 0 Å². The summed E-state index contributed by atoms with van der Waals surface area (Å²) in [7, 11) is 2.11. The van der Waals surface area contributed by atoms with Crippen LogP contribution in [-0.2, 0) is 11.8 Å². The number of nitrogens with zero attached hydrogens (tertiary/aromatic N) is 3. The molecule has 0 saturated heterocycles. The summed E-state index contributed by atoms with van der Waals surface area (Å²) in [6.45, 7) is 13.7. The molecule has 0 aliphatic heterocycles. The largest absolute Gasteiger partial charge is 0.357 e. The molecule has 0 bridgehead atoms. The van der Waals surface area contributed by atoms with E-state index in [4.69, 9.17) is 9.98 Å². The predicted molar refractivity (Wildman–Crippen MR) is 98.0 cm³/mol. The summed E-state index contributed by atoms with van der Waals surface area (Å²) in [5.74, 6) is 1.00. The molecular weight excluding hydrogens is 292 g/mol. The minimum atomic E-state index is 0.132. The van der Waals surface area contributed by atoms with Crippen LogP contribution in [0, 0.1) is 0 Å². The number of hydrogen-bond donors (Lipinski definition) is 1. The molecule has 0 aromatic carbocycles. The van der Waals surface area contributed by atoms with Gasteiger partial charge in [-0.2, -0.15) is 0 Å². The third-order valence-electron chi connectivity index (χ3n) is 3.45. The molecule has 0 saturated carbocycles. The number of thiazole rings is 1. The van der Waals surface area contributed by atoms with Crippen LogP contribution < -0.4 is 5.32 Å². The molecule has 5 heteroatoms. The van der Waals surface area contributed by atoms with Gasteiger partial charge in [-0.05, 0) is 13.3 Å². The minimum Gasteiger partial charge on any atom is -0.357 e. The van der Waals surface area contributed by atoms with E-state index in [-0.39, 0.29) is 5.41 Å². The second kappa shape index (κ2) is 9.13. The molecule has 126 valence electrons. The SMILES string of the molecule is CCCCN(C)C(=NCCc1nc(C(C)(C)C)cs1)NCC. The highest BCUT2D eigenvalue weighted by Gasteiger charge is 2.17. The first-order valence-electron chi connectivity index (χ1n) is 8.32. The van der Waals surface area contributed by atoms with Crippen molar-refractivity contribution in [3.8, 4) is 0 Å². The number of guanidine groups is 1. The molecule has 0 spiro atoms. The molecule has 0 fully saturated rings. The molecular formula is C17H32N4S. The summed E-state index contributed by atoms with van der Waals surface area (Å²) in [5.41, 5.74) is 1.32. The summed E-state index contributed by atoms with van der Waals surface area (Å²) >= 11 is 1.75. The van der Waals surface area contributed by atoms with E-state index < -0.39 is 0 Å². The number of rotatable bonds is 7. The van der Waals surface area contributed by atoms with Crippen molar-refractivity contribution in [2.45, 2.75) is 59.3 Å². The number of unbranched alkanes of at least 4 members (excludes halogenated alkanes) is 1. The van der Waals surface area contributed by atoms with Gasteiger partial charge in [-0.25, -0.2) is 4.98 Å². The van der Waals surface area contributed by atoms with Crippen LogP contribution in [0.2, 0.25) is 0 Å². The lowest BCUT2D eigenvalue weighted by Crippen LogP contribution is -2.39. The summed E-state index contributed by atoms with van der Waals surface area (Å²) in [6.07, 6.45) is 3.32. The topological polar surface area (TPSA) is 40.5 Å². The Morgan fingerprint density at radius 1 is 1.36 bits per heavy atom. The molecule has 1 aromatic rings. The minimum absolute atomic E-state index is 0.132. The summed E-state index contributed by atoms with van der Waals surface area (Å²) in [5, 5.41) is 6.73. The molecule has 22 heavy (non-hydrogen) atoms. The second-order valence-corrected chi connectivity index (χ2v) is 7.58. The van der Waals surface area contributed by atoms with Crippen molar-refractivity contribution in [3.05, 3.63) is 16.1 Å². The normalized spacial score (nSPS) is 12.5. The maximum atomic E-state index is 4.73. The molecule has 0 amide bonds. The zero-order chi connectivity index (χ0) is 16.6. The average Bonchev–Trinajstić information content (AvgIpc) is 2.92. The van der Waals surface area contributed by atoms with E-state index in [0.717, 1.165) is 32.0 Å². The first-order valence-corrected chi connectivity index (χ1v) is 9.20. The lowest BCUT2D eigenvalue weighted by Gasteiger charge is -2.21. The molecule has 1 rings (SSSR count). The molecule has 0 unspecified atom stereocenters. The van der Waals surface area contributed by atoms with Gasteiger partial charge >= 0.3 is 0 Å². The Morgan fingerprint density at radius 2 is 2.09 bits per heavy atom. The number of nitrogens with one attached hydrogen (secondary N) is 1. The molecule has 1 aromatic heterocycles. The zero-order valence-corrected chi connectivity index (χ0v) is 15.9. The van der Waals surface area contributed by atoms with Crippen molar-refractivity contribution in [2.75, 3.05) is 26.7 Å². The second-order valence-electron chi connectivity index (χ2n) is 6.64. The highest BCUT2D eigenvalue weighted by Crippen LogP contribution is 2.23. The van der Waals surface area contributed by atoms with E-state index >= 15 is 0 Å². The summed E-state index contributed by atoms with van der Waals surface area (Å²) in [6, 6.07) is 0. The first-order chi connectivity index (χ1) is 10.4. The predicted octanol–water partition coefficient (Wildman–Crippen LogP) is 3.68. The average molecular weight is 325 g/mol. The van der Waals surface area contributed by atoms with E-state index in [2.05, 4.69) is 57.3 Å². The van der Waals surface area contributed by atoms with Crippen LogP contribution in [0.3, 0.4) is 0 Å². The first kappa shape index (κ1) is 18.9. The van der Waals surface area contributed by atoms with Gasteiger partial charge in [0, 0.05) is 43.9 Å². The van der Waals surface area contributed by atoms with Gasteiger partial charge < -0.3 is 10.2 Å². The summed E-state index contributed by atoms with van der Waals surface area (Å²) < 4.78 is 0. The van der Waals surface area contributed by atoms with Crippen molar-refractivity contribution in [3.63, 3.8) is 0 Å². The Hall–Kier alpha value is -1.10. The van der Waals surface area contributed by atoms with E-state index in [1.807, 2.05) is 0 Å². The van der Waals surface area contributed by atoms with Crippen LogP contribution in [0.25, 0.3) is 0 Å². The Labute approximate surface area is 140 Å². The van der Waals surface area contributed by atoms with Gasteiger partial charge in [-0.3, -0.25) is 4.99 Å². The maximum Gasteiger partial charge on any atom is 0.193 e. The Kier molecular flexibility index (Phi) is 7.87. The van der Waals surface area contributed by atoms with Gasteiger partial charge in [-0.15, -0.1) is 11.3 Å². The molecule has 1 N–H and O–H groups in total. The fourth-order valence-electron chi connectivity index (χ4n) is 2.00. The van der Waals surface area contributed by atoms with Crippen molar-refractivity contribution >= 4 is 17.3 Å². The lowest BCUT2D eigenvalue weighted by atomic mass is 9.93. The van der Waals surface area contributed by atoms with Crippen LogP contribution in [0.5, 0.6) is 0 Å². The van der Waals surface area contributed by atoms with Crippen LogP contribution >= 0.6 is 11.3 Å². The Bertz CT molecular complexity index is 459. The van der Waals surface area contributed by atoms with Gasteiger partial charge in [-0.1, -0.05) is 34.1 Å². The van der Waals surface area contributed by atoms with Gasteiger partial charge in [0.15, 0.2) is 5.96 Å². The fourth-order valence-corrected chi connectivity index (χ4v) is 3.01. The lowest BCUT2D eigenvalue weighted by molar-refractivity contribution is 0.465. The third kappa shape index (κ3) is 6.34. The van der Waals surface area contributed by atoms with E-state index in [9.17, 15) is 0 Å². The van der Waals surface area contributed by atoms with Crippen molar-refractivity contribution in [2.24, 2.45) is 4.99 Å². The number of hydrogen-bond acceptors (Lipinski definition) is 3. The van der Waals surface area contributed by atoms with Gasteiger partial charge in [0.2, 0.25) is 0 Å². The van der Waals surface area contributed by atoms with Crippen molar-refractivity contribution in [1.29, 1.82) is 0 Å².